The van der Waals surface area contributed by atoms with E-state index in [-0.39, 0.29) is 79.6 Å². The fraction of sp³-hybridized carbons (Fsp3) is 0.457. The summed E-state index contributed by atoms with van der Waals surface area (Å²) < 4.78 is 31.5. The Morgan fingerprint density at radius 2 is 1.52 bits per heavy atom. The van der Waals surface area contributed by atoms with Crippen molar-refractivity contribution in [3.63, 3.8) is 0 Å². The van der Waals surface area contributed by atoms with Crippen molar-refractivity contribution in [3.05, 3.63) is 82.0 Å². The van der Waals surface area contributed by atoms with Crippen LogP contribution in [0.15, 0.2) is 59.8 Å². The van der Waals surface area contributed by atoms with Crippen molar-refractivity contribution in [1.82, 2.24) is 29.6 Å². The van der Waals surface area contributed by atoms with E-state index in [9.17, 15) is 28.8 Å². The maximum absolute atomic E-state index is 13.3. The molecule has 3 saturated heterocycles. The highest BCUT2D eigenvalue weighted by atomic mass is 16.5. The van der Waals surface area contributed by atoms with Crippen molar-refractivity contribution in [3.8, 4) is 28.4 Å². The fourth-order valence-electron chi connectivity index (χ4n) is 9.01. The van der Waals surface area contributed by atoms with Gasteiger partial charge in [0, 0.05) is 70.3 Å². The second-order valence-electron chi connectivity index (χ2n) is 16.3. The van der Waals surface area contributed by atoms with Crippen molar-refractivity contribution in [2.75, 3.05) is 60.2 Å². The number of imide groups is 2. The number of hydrogen-bond donors (Lipinski definition) is 1. The average Bonchev–Trinajstić information content (AvgIpc) is 3.55. The number of benzene rings is 2. The fourth-order valence-corrected chi connectivity index (χ4v) is 9.01. The summed E-state index contributed by atoms with van der Waals surface area (Å²) in [7, 11) is 5.05. The van der Waals surface area contributed by atoms with E-state index in [0.717, 1.165) is 65.7 Å². The first-order valence-corrected chi connectivity index (χ1v) is 21.4. The van der Waals surface area contributed by atoms with Gasteiger partial charge < -0.3 is 33.2 Å². The molecule has 0 bridgehead atoms. The number of carbonyl (C=O) groups excluding carboxylic acids is 5. The minimum Gasteiger partial charge on any atom is -0.496 e. The number of pyridine rings is 2. The van der Waals surface area contributed by atoms with Crippen LogP contribution >= 0.6 is 0 Å². The molecule has 0 radical (unpaired) electrons. The lowest BCUT2D eigenvalue weighted by atomic mass is 9.98. The van der Waals surface area contributed by atoms with Gasteiger partial charge in [0.1, 0.15) is 29.9 Å². The summed E-state index contributed by atoms with van der Waals surface area (Å²) in [4.78, 5) is 85.4. The third-order valence-electron chi connectivity index (χ3n) is 12.4. The molecule has 0 saturated carbocycles. The normalized spacial score (nSPS) is 18.8. The van der Waals surface area contributed by atoms with Crippen molar-refractivity contribution in [2.45, 2.75) is 69.7 Å². The molecule has 1 N–H and O–H groups in total. The summed E-state index contributed by atoms with van der Waals surface area (Å²) in [6.07, 6.45) is 9.00. The van der Waals surface area contributed by atoms with Crippen LogP contribution in [0.5, 0.6) is 17.2 Å². The topological polar surface area (TPSA) is 188 Å². The van der Waals surface area contributed by atoms with Crippen LogP contribution in [0.25, 0.3) is 21.9 Å². The van der Waals surface area contributed by atoms with E-state index in [0.29, 0.717) is 36.5 Å². The molecule has 3 fully saturated rings. The number of fused-ring (bicyclic) bond motifs is 2. The minimum absolute atomic E-state index is 0.0140. The van der Waals surface area contributed by atoms with Crippen LogP contribution in [-0.4, -0.2) is 132 Å². The predicted octanol–water partition coefficient (Wildman–Crippen LogP) is 3.48. The number of ether oxygens (including phenoxy) is 5. The SMILES string of the molecule is COc1cc(-c2cn(C)c(=O)c3cnccc23)cc(OC)c1CN1CCC(OC2CCN(C(=O)CCOCCOc3cccc4c3C(=O)N(C3CCC(=O)NC3=O)C4=O)CC2)CC1. The molecular formula is C46H52N6O11. The zero-order chi connectivity index (χ0) is 44.2. The predicted molar refractivity (Wildman–Crippen MR) is 229 cm³/mol. The molecular weight excluding hydrogens is 813 g/mol. The third-order valence-corrected chi connectivity index (χ3v) is 12.4. The molecule has 332 valence electrons. The van der Waals surface area contributed by atoms with E-state index >= 15 is 0 Å². The van der Waals surface area contributed by atoms with Crippen LogP contribution in [-0.2, 0) is 37.4 Å². The number of nitrogens with one attached hydrogen (secondary N) is 1. The first-order valence-electron chi connectivity index (χ1n) is 21.4. The summed E-state index contributed by atoms with van der Waals surface area (Å²) in [6.45, 7) is 4.05. The summed E-state index contributed by atoms with van der Waals surface area (Å²) in [5.74, 6) is -0.713. The van der Waals surface area contributed by atoms with Gasteiger partial charge in [-0.2, -0.15) is 0 Å². The van der Waals surface area contributed by atoms with Gasteiger partial charge >= 0.3 is 0 Å². The second kappa shape index (κ2) is 19.1. The number of aryl methyl sites for hydroxylation is 1. The number of carbonyl (C=O) groups is 5. The molecule has 17 nitrogen and oxygen atoms in total. The Morgan fingerprint density at radius 1 is 0.810 bits per heavy atom. The molecule has 5 amide bonds. The van der Waals surface area contributed by atoms with Crippen molar-refractivity contribution >= 4 is 40.3 Å². The molecule has 1 unspecified atom stereocenters. The van der Waals surface area contributed by atoms with E-state index in [2.05, 4.69) is 15.2 Å². The molecule has 4 aromatic rings. The van der Waals surface area contributed by atoms with Gasteiger partial charge in [0.15, 0.2) is 0 Å². The number of nitrogens with zero attached hydrogens (tertiary/aromatic N) is 5. The monoisotopic (exact) mass is 864 g/mol. The lowest BCUT2D eigenvalue weighted by Crippen LogP contribution is -2.54. The summed E-state index contributed by atoms with van der Waals surface area (Å²) >= 11 is 0. The molecule has 1 atom stereocenters. The first-order chi connectivity index (χ1) is 30.5. The zero-order valence-corrected chi connectivity index (χ0v) is 35.8. The van der Waals surface area contributed by atoms with Crippen LogP contribution in [0, 0.1) is 0 Å². The molecule has 8 rings (SSSR count). The van der Waals surface area contributed by atoms with Gasteiger partial charge in [0.2, 0.25) is 17.7 Å². The van der Waals surface area contributed by atoms with Gasteiger partial charge in [0.05, 0.1) is 68.1 Å². The van der Waals surface area contributed by atoms with Crippen LogP contribution in [0.3, 0.4) is 0 Å². The lowest BCUT2D eigenvalue weighted by molar-refractivity contribution is -0.137. The Bertz CT molecular complexity index is 2450. The molecule has 4 aliphatic rings. The molecule has 2 aromatic carbocycles. The highest BCUT2D eigenvalue weighted by Crippen LogP contribution is 2.39. The Kier molecular flexibility index (Phi) is 13.2. The molecule has 0 spiro atoms. The van der Waals surface area contributed by atoms with Gasteiger partial charge in [0.25, 0.3) is 17.4 Å². The first kappa shape index (κ1) is 43.5. The molecule has 2 aromatic heterocycles. The van der Waals surface area contributed by atoms with Gasteiger partial charge in [-0.15, -0.1) is 0 Å². The van der Waals surface area contributed by atoms with Crippen LogP contribution < -0.4 is 25.1 Å². The number of piperidine rings is 3. The summed E-state index contributed by atoms with van der Waals surface area (Å²) in [6, 6.07) is 9.48. The molecule has 17 heteroatoms. The van der Waals surface area contributed by atoms with E-state index in [1.165, 1.54) is 6.07 Å². The molecule has 0 aliphatic carbocycles. The Hall–Kier alpha value is -6.17. The third kappa shape index (κ3) is 9.17. The number of aromatic nitrogens is 2. The number of methoxy groups -OCH3 is 2. The largest absolute Gasteiger partial charge is 0.496 e. The van der Waals surface area contributed by atoms with Crippen molar-refractivity contribution in [1.29, 1.82) is 0 Å². The summed E-state index contributed by atoms with van der Waals surface area (Å²) in [5, 5.41) is 3.55. The van der Waals surface area contributed by atoms with Crippen LogP contribution in [0.1, 0.15) is 71.2 Å². The lowest BCUT2D eigenvalue weighted by Gasteiger charge is -2.37. The minimum atomic E-state index is -1.06. The molecule has 6 heterocycles. The molecule has 63 heavy (non-hydrogen) atoms. The number of likely N-dealkylation sites (tertiary alicyclic amines) is 2. The van der Waals surface area contributed by atoms with Crippen molar-refractivity contribution < 1.29 is 47.7 Å². The average molecular weight is 865 g/mol. The van der Waals surface area contributed by atoms with E-state index in [1.807, 2.05) is 29.3 Å². The smallest absolute Gasteiger partial charge is 0.266 e. The van der Waals surface area contributed by atoms with Gasteiger partial charge in [-0.05, 0) is 73.4 Å². The van der Waals surface area contributed by atoms with Crippen LogP contribution in [0.4, 0.5) is 0 Å². The molecule has 4 aliphatic heterocycles. The van der Waals surface area contributed by atoms with E-state index < -0.39 is 29.7 Å². The highest BCUT2D eigenvalue weighted by molar-refractivity contribution is 6.24. The van der Waals surface area contributed by atoms with E-state index in [4.69, 9.17) is 23.7 Å². The maximum Gasteiger partial charge on any atom is 0.266 e. The summed E-state index contributed by atoms with van der Waals surface area (Å²) in [5.41, 5.74) is 2.84. The quantitative estimate of drug-likeness (QED) is 0.135. The maximum atomic E-state index is 13.3. The number of hydrogen-bond acceptors (Lipinski definition) is 13. The van der Waals surface area contributed by atoms with Gasteiger partial charge in [-0.3, -0.25) is 48.9 Å². The van der Waals surface area contributed by atoms with Crippen molar-refractivity contribution in [2.24, 2.45) is 7.05 Å². The zero-order valence-electron chi connectivity index (χ0n) is 35.8. The highest BCUT2D eigenvalue weighted by Gasteiger charge is 2.46. The van der Waals surface area contributed by atoms with Crippen LogP contribution in [0.2, 0.25) is 0 Å². The standard InChI is InChI=1S/C46H52N6O11/c1-49-26-34(31-9-15-47-25-33(31)44(49)56)28-23-38(59-2)35(39(24-28)60-3)27-50-16-10-29(11-17-50)63-30-12-18-51(19-13-30)41(54)14-20-61-21-22-62-37-6-4-5-32-42(37)46(58)52(45(32)57)36-7-8-40(53)48-43(36)55/h4-6,9,15,23-26,29-30,36H,7-8,10-14,16-22,27H2,1-3H3,(H,48,53,55). The second-order valence-corrected chi connectivity index (χ2v) is 16.3. The number of amides is 5. The number of rotatable bonds is 15. The van der Waals surface area contributed by atoms with Gasteiger partial charge in [-0.25, -0.2) is 0 Å². The Morgan fingerprint density at radius 3 is 2.22 bits per heavy atom. The van der Waals surface area contributed by atoms with E-state index in [1.54, 1.807) is 50.4 Å². The Labute approximate surface area is 364 Å². The Balaban J connectivity index is 0.747. The van der Waals surface area contributed by atoms with Gasteiger partial charge in [-0.1, -0.05) is 6.07 Å².